The van der Waals surface area contributed by atoms with Crippen LogP contribution in [0.15, 0.2) is 30.3 Å². The quantitative estimate of drug-likeness (QED) is 0.430. The molecule has 0 atom stereocenters. The van der Waals surface area contributed by atoms with Gasteiger partial charge in [0.25, 0.3) is 5.91 Å². The molecule has 0 spiro atoms. The van der Waals surface area contributed by atoms with E-state index in [2.05, 4.69) is 30.9 Å². The van der Waals surface area contributed by atoms with Crippen LogP contribution in [0.5, 0.6) is 0 Å². The van der Waals surface area contributed by atoms with E-state index in [9.17, 15) is 4.79 Å². The standard InChI is InChI=1S/C25H30ClN3OS/c1-4-28(5-2)12-13-29(25-27-23-17(3)14-21(26)16-22(23)31-25)24(30)20-11-10-18-8-6-7-9-19(18)15-20/h10-11,14-16H,4-9,12-13H2,1-3H3. The monoisotopic (exact) mass is 455 g/mol. The molecule has 31 heavy (non-hydrogen) atoms. The molecule has 0 N–H and O–H groups in total. The average Bonchev–Trinajstić information content (AvgIpc) is 3.20. The number of halogens is 1. The highest BCUT2D eigenvalue weighted by atomic mass is 35.5. The molecule has 4 rings (SSSR count). The highest BCUT2D eigenvalue weighted by Crippen LogP contribution is 2.34. The second-order valence-electron chi connectivity index (χ2n) is 8.24. The summed E-state index contributed by atoms with van der Waals surface area (Å²) in [6.07, 6.45) is 4.63. The molecule has 0 unspecified atom stereocenters. The third-order valence-electron chi connectivity index (χ3n) is 6.24. The zero-order chi connectivity index (χ0) is 22.0. The van der Waals surface area contributed by atoms with Crippen molar-refractivity contribution in [2.75, 3.05) is 31.1 Å². The summed E-state index contributed by atoms with van der Waals surface area (Å²) in [4.78, 5) is 22.8. The van der Waals surface area contributed by atoms with Crippen LogP contribution in [-0.2, 0) is 12.8 Å². The molecule has 2 aromatic carbocycles. The summed E-state index contributed by atoms with van der Waals surface area (Å²) in [7, 11) is 0. The van der Waals surface area contributed by atoms with Gasteiger partial charge in [0.05, 0.1) is 10.2 Å². The number of thiazole rings is 1. The van der Waals surface area contributed by atoms with Crippen molar-refractivity contribution in [3.63, 3.8) is 0 Å². The Bertz CT molecular complexity index is 1090. The zero-order valence-electron chi connectivity index (χ0n) is 18.6. The maximum Gasteiger partial charge on any atom is 0.260 e. The van der Waals surface area contributed by atoms with Crippen molar-refractivity contribution < 1.29 is 4.79 Å². The van der Waals surface area contributed by atoms with E-state index < -0.39 is 0 Å². The van der Waals surface area contributed by atoms with E-state index in [4.69, 9.17) is 16.6 Å². The van der Waals surface area contributed by atoms with E-state index in [1.54, 1.807) is 11.3 Å². The molecule has 0 radical (unpaired) electrons. The molecular formula is C25H30ClN3OS. The third-order valence-corrected chi connectivity index (χ3v) is 7.49. The Morgan fingerprint density at radius 3 is 2.55 bits per heavy atom. The molecule has 1 aliphatic carbocycles. The van der Waals surface area contributed by atoms with Gasteiger partial charge in [0.15, 0.2) is 5.13 Å². The second-order valence-corrected chi connectivity index (χ2v) is 9.69. The van der Waals surface area contributed by atoms with E-state index in [0.717, 1.165) is 59.0 Å². The zero-order valence-corrected chi connectivity index (χ0v) is 20.2. The van der Waals surface area contributed by atoms with Crippen molar-refractivity contribution in [2.45, 2.75) is 46.5 Å². The number of aryl methyl sites for hydroxylation is 3. The fourth-order valence-corrected chi connectivity index (χ4v) is 5.79. The van der Waals surface area contributed by atoms with Gasteiger partial charge in [-0.2, -0.15) is 0 Å². The van der Waals surface area contributed by atoms with E-state index in [1.165, 1.54) is 24.0 Å². The van der Waals surface area contributed by atoms with Crippen LogP contribution in [0.2, 0.25) is 5.02 Å². The Labute approximate surface area is 193 Å². The van der Waals surface area contributed by atoms with Crippen LogP contribution < -0.4 is 4.90 Å². The lowest BCUT2D eigenvalue weighted by molar-refractivity contribution is 0.0983. The Balaban J connectivity index is 1.70. The van der Waals surface area contributed by atoms with Gasteiger partial charge in [-0.05, 0) is 86.7 Å². The molecule has 3 aromatic rings. The predicted octanol–water partition coefficient (Wildman–Crippen LogP) is 6.13. The molecular weight excluding hydrogens is 426 g/mol. The van der Waals surface area contributed by atoms with E-state index in [1.807, 2.05) is 30.0 Å². The van der Waals surface area contributed by atoms with Crippen molar-refractivity contribution in [3.8, 4) is 0 Å². The Hall–Kier alpha value is -1.95. The molecule has 0 bridgehead atoms. The highest BCUT2D eigenvalue weighted by Gasteiger charge is 2.23. The number of amides is 1. The first kappa shape index (κ1) is 22.3. The maximum atomic E-state index is 13.7. The van der Waals surface area contributed by atoms with Gasteiger partial charge in [0.1, 0.15) is 0 Å². The first-order valence-electron chi connectivity index (χ1n) is 11.2. The topological polar surface area (TPSA) is 36.4 Å². The van der Waals surface area contributed by atoms with Gasteiger partial charge < -0.3 is 4.90 Å². The van der Waals surface area contributed by atoms with Crippen molar-refractivity contribution in [2.24, 2.45) is 0 Å². The van der Waals surface area contributed by atoms with E-state index >= 15 is 0 Å². The Morgan fingerprint density at radius 1 is 1.06 bits per heavy atom. The SMILES string of the molecule is CCN(CC)CCN(C(=O)c1ccc2c(c1)CCCC2)c1nc2c(C)cc(Cl)cc2s1. The highest BCUT2D eigenvalue weighted by molar-refractivity contribution is 7.22. The summed E-state index contributed by atoms with van der Waals surface area (Å²) >= 11 is 7.81. The first-order chi connectivity index (χ1) is 15.0. The third kappa shape index (κ3) is 4.79. The van der Waals surface area contributed by atoms with Crippen LogP contribution in [-0.4, -0.2) is 42.0 Å². The summed E-state index contributed by atoms with van der Waals surface area (Å²) in [6, 6.07) is 10.1. The van der Waals surface area contributed by atoms with Crippen LogP contribution in [0.4, 0.5) is 5.13 Å². The van der Waals surface area contributed by atoms with Gasteiger partial charge in [-0.25, -0.2) is 4.98 Å². The molecule has 1 aliphatic rings. The lowest BCUT2D eigenvalue weighted by atomic mass is 9.90. The van der Waals surface area contributed by atoms with E-state index in [-0.39, 0.29) is 5.91 Å². The van der Waals surface area contributed by atoms with Gasteiger partial charge in [-0.15, -0.1) is 0 Å². The number of likely N-dealkylation sites (N-methyl/N-ethyl adjacent to an activating group) is 1. The number of hydrogen-bond acceptors (Lipinski definition) is 4. The minimum atomic E-state index is 0.0309. The average molecular weight is 456 g/mol. The van der Waals surface area contributed by atoms with Crippen molar-refractivity contribution in [3.05, 3.63) is 57.6 Å². The Morgan fingerprint density at radius 2 is 1.81 bits per heavy atom. The molecule has 0 saturated heterocycles. The van der Waals surface area contributed by atoms with Crippen LogP contribution in [0.25, 0.3) is 10.2 Å². The molecule has 0 saturated carbocycles. The van der Waals surface area contributed by atoms with Gasteiger partial charge in [0, 0.05) is 23.7 Å². The van der Waals surface area contributed by atoms with Crippen molar-refractivity contribution in [1.29, 1.82) is 0 Å². The smallest absolute Gasteiger partial charge is 0.260 e. The van der Waals surface area contributed by atoms with Crippen molar-refractivity contribution >= 4 is 44.2 Å². The molecule has 0 aliphatic heterocycles. The molecule has 0 fully saturated rings. The summed E-state index contributed by atoms with van der Waals surface area (Å²) < 4.78 is 1.02. The summed E-state index contributed by atoms with van der Waals surface area (Å²) in [5.74, 6) is 0.0309. The number of anilines is 1. The van der Waals surface area contributed by atoms with Crippen LogP contribution >= 0.6 is 22.9 Å². The number of benzene rings is 2. The largest absolute Gasteiger partial charge is 0.302 e. The second kappa shape index (κ2) is 9.68. The summed E-state index contributed by atoms with van der Waals surface area (Å²) in [6.45, 7) is 9.69. The van der Waals surface area contributed by atoms with Gasteiger partial charge in [0.2, 0.25) is 0 Å². The molecule has 1 amide bonds. The van der Waals surface area contributed by atoms with Gasteiger partial charge in [-0.3, -0.25) is 9.69 Å². The number of rotatable bonds is 7. The molecule has 4 nitrogen and oxygen atoms in total. The van der Waals surface area contributed by atoms with Crippen LogP contribution in [0.3, 0.4) is 0 Å². The Kier molecular flexibility index (Phi) is 6.95. The number of hydrogen-bond donors (Lipinski definition) is 0. The number of carbonyl (C=O) groups excluding carboxylic acids is 1. The number of aromatic nitrogens is 1. The van der Waals surface area contributed by atoms with Gasteiger partial charge in [-0.1, -0.05) is 42.9 Å². The maximum absolute atomic E-state index is 13.7. The number of fused-ring (bicyclic) bond motifs is 2. The predicted molar refractivity (Wildman–Crippen MR) is 132 cm³/mol. The summed E-state index contributed by atoms with van der Waals surface area (Å²) in [5, 5.41) is 1.45. The fourth-order valence-electron chi connectivity index (χ4n) is 4.35. The van der Waals surface area contributed by atoms with Gasteiger partial charge >= 0.3 is 0 Å². The summed E-state index contributed by atoms with van der Waals surface area (Å²) in [5.41, 5.74) is 5.44. The molecule has 1 aromatic heterocycles. The lowest BCUT2D eigenvalue weighted by Crippen LogP contribution is -2.39. The van der Waals surface area contributed by atoms with Crippen LogP contribution in [0, 0.1) is 6.92 Å². The normalized spacial score (nSPS) is 13.6. The van der Waals surface area contributed by atoms with Crippen molar-refractivity contribution in [1.82, 2.24) is 9.88 Å². The first-order valence-corrected chi connectivity index (χ1v) is 12.4. The molecule has 1 heterocycles. The number of carbonyl (C=O) groups is 1. The number of nitrogens with zero attached hydrogens (tertiary/aromatic N) is 3. The van der Waals surface area contributed by atoms with E-state index in [0.29, 0.717) is 11.6 Å². The molecule has 164 valence electrons. The van der Waals surface area contributed by atoms with Crippen LogP contribution in [0.1, 0.15) is 53.7 Å². The minimum absolute atomic E-state index is 0.0309. The minimum Gasteiger partial charge on any atom is -0.302 e. The fraction of sp³-hybridized carbons (Fsp3) is 0.440. The molecule has 6 heteroatoms. The lowest BCUT2D eigenvalue weighted by Gasteiger charge is -2.25.